The van der Waals surface area contributed by atoms with Crippen molar-refractivity contribution in [2.24, 2.45) is 29.6 Å². The molecular formula is C42H58O2. The number of benzene rings is 3. The number of aliphatic hydroxyl groups is 1. The monoisotopic (exact) mass is 594 g/mol. The summed E-state index contributed by atoms with van der Waals surface area (Å²) in [5.74, 6) is 3.84. The molecule has 2 fully saturated rings. The van der Waals surface area contributed by atoms with E-state index in [1.807, 2.05) is 0 Å². The summed E-state index contributed by atoms with van der Waals surface area (Å²) in [5, 5.41) is 9.70. The van der Waals surface area contributed by atoms with Crippen molar-refractivity contribution in [1.29, 1.82) is 0 Å². The second-order valence-electron chi connectivity index (χ2n) is 14.2. The Morgan fingerprint density at radius 3 is 2.02 bits per heavy atom. The average molecular weight is 595 g/mol. The van der Waals surface area contributed by atoms with Gasteiger partial charge in [-0.1, -0.05) is 106 Å². The lowest BCUT2D eigenvalue weighted by Gasteiger charge is -2.43. The third kappa shape index (κ3) is 8.85. The number of fused-ring (bicyclic) bond motifs is 1. The van der Waals surface area contributed by atoms with Gasteiger partial charge in [0, 0.05) is 19.6 Å². The van der Waals surface area contributed by atoms with Gasteiger partial charge in [-0.05, 0) is 127 Å². The minimum absolute atomic E-state index is 0.266. The summed E-state index contributed by atoms with van der Waals surface area (Å²) in [5.41, 5.74) is 9.73. The van der Waals surface area contributed by atoms with Crippen LogP contribution in [0.5, 0.6) is 0 Å². The molecule has 5 unspecified atom stereocenters. The molecular weight excluding hydrogens is 536 g/mol. The predicted molar refractivity (Wildman–Crippen MR) is 187 cm³/mol. The van der Waals surface area contributed by atoms with Crippen LogP contribution in [0.2, 0.25) is 0 Å². The van der Waals surface area contributed by atoms with E-state index >= 15 is 0 Å². The lowest BCUT2D eigenvalue weighted by molar-refractivity contribution is 0.0576. The number of aliphatic hydroxyl groups excluding tert-OH is 1. The van der Waals surface area contributed by atoms with E-state index in [4.69, 9.17) is 4.74 Å². The fraction of sp³-hybridized carbons (Fsp3) is 0.571. The van der Waals surface area contributed by atoms with Crippen LogP contribution >= 0.6 is 0 Å². The van der Waals surface area contributed by atoms with Crippen molar-refractivity contribution in [1.82, 2.24) is 0 Å². The zero-order valence-corrected chi connectivity index (χ0v) is 27.9. The molecule has 2 nitrogen and oxygen atoms in total. The molecule has 0 radical (unpaired) electrons. The molecule has 0 heterocycles. The number of ether oxygens (including phenoxy) is 1. The van der Waals surface area contributed by atoms with Crippen LogP contribution < -0.4 is 0 Å². The Hall–Kier alpha value is -2.42. The molecule has 0 spiro atoms. The van der Waals surface area contributed by atoms with Gasteiger partial charge < -0.3 is 9.84 Å². The van der Waals surface area contributed by atoms with E-state index < -0.39 is 0 Å². The van der Waals surface area contributed by atoms with Crippen molar-refractivity contribution < 1.29 is 9.84 Å². The molecule has 3 aromatic rings. The Balaban J connectivity index is 1.12. The molecule has 3 aromatic carbocycles. The number of unbranched alkanes of at least 4 members (excludes halogenated alkanes) is 2. The fourth-order valence-electron chi connectivity index (χ4n) is 8.47. The molecule has 0 aromatic heterocycles. The first-order chi connectivity index (χ1) is 21.6. The highest BCUT2D eigenvalue weighted by Crippen LogP contribution is 2.47. The summed E-state index contributed by atoms with van der Waals surface area (Å²) in [6.07, 6.45) is 18.2. The highest BCUT2D eigenvalue weighted by molar-refractivity contribution is 5.74. The minimum Gasteiger partial charge on any atom is -0.396 e. The van der Waals surface area contributed by atoms with Gasteiger partial charge in [-0.15, -0.1) is 0 Å². The van der Waals surface area contributed by atoms with Gasteiger partial charge in [-0.2, -0.15) is 0 Å². The Morgan fingerprint density at radius 2 is 1.36 bits per heavy atom. The molecule has 2 aliphatic rings. The predicted octanol–water partition coefficient (Wildman–Crippen LogP) is 10.7. The maximum absolute atomic E-state index is 9.70. The van der Waals surface area contributed by atoms with Gasteiger partial charge in [0.1, 0.15) is 0 Å². The third-order valence-corrected chi connectivity index (χ3v) is 11.1. The van der Waals surface area contributed by atoms with E-state index in [2.05, 4.69) is 80.6 Å². The standard InChI is InChI=1S/C42H58O2/c1-4-6-7-8-31-13-19-38(20-14-31)42-24-23-41(28-36(42)5-2)37-17-11-32(12-18-37)9-10-33-15-21-40-27-34(16-22-39(40)26-33)25-35(29-43)30-44-3/h11-14,17-20,23-24,28,33-35,39-40,43H,4-10,15-16,21-22,25-27,29-30H2,1-3H3. The molecule has 2 saturated carbocycles. The number of aryl methyl sites for hydroxylation is 3. The van der Waals surface area contributed by atoms with Crippen molar-refractivity contribution in [2.75, 3.05) is 20.3 Å². The summed E-state index contributed by atoms with van der Waals surface area (Å²) in [6.45, 7) is 5.51. The van der Waals surface area contributed by atoms with E-state index in [0.717, 1.165) is 36.5 Å². The van der Waals surface area contributed by atoms with Crippen LogP contribution in [-0.4, -0.2) is 25.4 Å². The van der Waals surface area contributed by atoms with Crippen LogP contribution in [0, 0.1) is 29.6 Å². The topological polar surface area (TPSA) is 29.5 Å². The Morgan fingerprint density at radius 1 is 0.727 bits per heavy atom. The van der Waals surface area contributed by atoms with Crippen LogP contribution in [0.3, 0.4) is 0 Å². The molecule has 44 heavy (non-hydrogen) atoms. The quantitative estimate of drug-likeness (QED) is 0.177. The van der Waals surface area contributed by atoms with E-state index in [1.54, 1.807) is 7.11 Å². The maximum atomic E-state index is 9.70. The minimum atomic E-state index is 0.266. The molecule has 0 amide bonds. The van der Waals surface area contributed by atoms with Crippen LogP contribution in [-0.2, 0) is 24.0 Å². The van der Waals surface area contributed by atoms with Crippen molar-refractivity contribution in [3.63, 3.8) is 0 Å². The number of hydrogen-bond donors (Lipinski definition) is 1. The molecule has 2 aliphatic carbocycles. The number of rotatable bonds is 15. The summed E-state index contributed by atoms with van der Waals surface area (Å²) < 4.78 is 5.33. The van der Waals surface area contributed by atoms with Gasteiger partial charge in [-0.3, -0.25) is 0 Å². The van der Waals surface area contributed by atoms with E-state index in [0.29, 0.717) is 12.5 Å². The van der Waals surface area contributed by atoms with Crippen molar-refractivity contribution in [3.05, 3.63) is 83.4 Å². The summed E-state index contributed by atoms with van der Waals surface area (Å²) in [6, 6.07) is 25.8. The molecule has 2 heteroatoms. The summed E-state index contributed by atoms with van der Waals surface area (Å²) >= 11 is 0. The first-order valence-electron chi connectivity index (χ1n) is 18.0. The van der Waals surface area contributed by atoms with Gasteiger partial charge in [0.2, 0.25) is 0 Å². The van der Waals surface area contributed by atoms with E-state index in [-0.39, 0.29) is 6.61 Å². The van der Waals surface area contributed by atoms with Crippen LogP contribution in [0.25, 0.3) is 22.3 Å². The number of methoxy groups -OCH3 is 1. The normalized spacial score (nSPS) is 22.5. The van der Waals surface area contributed by atoms with Crippen molar-refractivity contribution >= 4 is 0 Å². The Labute approximate surface area is 268 Å². The highest BCUT2D eigenvalue weighted by Gasteiger charge is 2.36. The maximum Gasteiger partial charge on any atom is 0.0512 e. The third-order valence-electron chi connectivity index (χ3n) is 11.1. The average Bonchev–Trinajstić information content (AvgIpc) is 3.07. The van der Waals surface area contributed by atoms with Crippen LogP contribution in [0.4, 0.5) is 0 Å². The van der Waals surface area contributed by atoms with Gasteiger partial charge in [0.05, 0.1) is 6.61 Å². The molecule has 0 bridgehead atoms. The highest BCUT2D eigenvalue weighted by atomic mass is 16.5. The van der Waals surface area contributed by atoms with Gasteiger partial charge >= 0.3 is 0 Å². The zero-order chi connectivity index (χ0) is 30.7. The second kappa shape index (κ2) is 16.8. The summed E-state index contributed by atoms with van der Waals surface area (Å²) in [4.78, 5) is 0. The smallest absolute Gasteiger partial charge is 0.0512 e. The Bertz CT molecular complexity index is 1260. The molecule has 0 saturated heterocycles. The van der Waals surface area contributed by atoms with Gasteiger partial charge in [-0.25, -0.2) is 0 Å². The summed E-state index contributed by atoms with van der Waals surface area (Å²) in [7, 11) is 1.76. The van der Waals surface area contributed by atoms with Crippen molar-refractivity contribution in [3.8, 4) is 22.3 Å². The first kappa shape index (κ1) is 33.0. The lowest BCUT2D eigenvalue weighted by Crippen LogP contribution is -2.32. The molecule has 5 atom stereocenters. The number of hydrogen-bond acceptors (Lipinski definition) is 2. The molecule has 5 rings (SSSR count). The Kier molecular flexibility index (Phi) is 12.6. The lowest BCUT2D eigenvalue weighted by atomic mass is 9.63. The van der Waals surface area contributed by atoms with Crippen LogP contribution in [0.1, 0.15) is 101 Å². The largest absolute Gasteiger partial charge is 0.396 e. The van der Waals surface area contributed by atoms with Crippen LogP contribution in [0.15, 0.2) is 66.7 Å². The first-order valence-corrected chi connectivity index (χ1v) is 18.0. The van der Waals surface area contributed by atoms with Gasteiger partial charge in [0.25, 0.3) is 0 Å². The molecule has 238 valence electrons. The van der Waals surface area contributed by atoms with E-state index in [9.17, 15) is 5.11 Å². The zero-order valence-electron chi connectivity index (χ0n) is 27.9. The van der Waals surface area contributed by atoms with Crippen molar-refractivity contribution in [2.45, 2.75) is 104 Å². The fourth-order valence-corrected chi connectivity index (χ4v) is 8.47. The molecule has 1 N–H and O–H groups in total. The molecule has 0 aliphatic heterocycles. The second-order valence-corrected chi connectivity index (χ2v) is 14.2. The van der Waals surface area contributed by atoms with Gasteiger partial charge in [0.15, 0.2) is 0 Å². The SMILES string of the molecule is CCCCCc1ccc(-c2ccc(-c3ccc(CCC4CCC5CC(CC(CO)COC)CCC5C4)cc3)cc2CC)cc1. The van der Waals surface area contributed by atoms with E-state index in [1.165, 1.54) is 116 Å².